The zero-order valence-corrected chi connectivity index (χ0v) is 13.8. The van der Waals surface area contributed by atoms with E-state index >= 15 is 0 Å². The van der Waals surface area contributed by atoms with E-state index in [0.717, 1.165) is 38.5 Å². The number of amides is 1. The molecule has 1 fully saturated rings. The molecule has 1 amide bonds. The van der Waals surface area contributed by atoms with Crippen LogP contribution in [0.3, 0.4) is 0 Å². The van der Waals surface area contributed by atoms with Crippen LogP contribution in [-0.2, 0) is 11.3 Å². The predicted octanol–water partition coefficient (Wildman–Crippen LogP) is 1.81. The van der Waals surface area contributed by atoms with Gasteiger partial charge < -0.3 is 14.5 Å². The number of rotatable bonds is 4. The number of nitrogens with one attached hydrogen (secondary N) is 1. The summed E-state index contributed by atoms with van der Waals surface area (Å²) in [5.41, 5.74) is 2.81. The van der Waals surface area contributed by atoms with Crippen LogP contribution in [-0.4, -0.2) is 51.5 Å². The van der Waals surface area contributed by atoms with Gasteiger partial charge in [-0.1, -0.05) is 12.1 Å². The molecule has 7 heteroatoms. The van der Waals surface area contributed by atoms with E-state index < -0.39 is 0 Å². The highest BCUT2D eigenvalue weighted by Gasteiger charge is 2.14. The summed E-state index contributed by atoms with van der Waals surface area (Å²) in [5.74, 6) is -0.266. The lowest BCUT2D eigenvalue weighted by Gasteiger charge is -2.26. The molecule has 2 aromatic heterocycles. The van der Waals surface area contributed by atoms with Crippen LogP contribution in [0.1, 0.15) is 16.1 Å². The largest absolute Gasteiger partial charge is 0.379 e. The van der Waals surface area contributed by atoms with Gasteiger partial charge in [0.15, 0.2) is 11.3 Å². The smallest absolute Gasteiger partial charge is 0.278 e. The lowest BCUT2D eigenvalue weighted by molar-refractivity contribution is 0.0342. The van der Waals surface area contributed by atoms with Gasteiger partial charge in [-0.05, 0) is 17.7 Å². The lowest BCUT2D eigenvalue weighted by Crippen LogP contribution is -2.35. The first-order valence-electron chi connectivity index (χ1n) is 8.28. The maximum absolute atomic E-state index is 12.5. The van der Waals surface area contributed by atoms with Gasteiger partial charge in [0.05, 0.1) is 13.2 Å². The van der Waals surface area contributed by atoms with E-state index in [1.807, 2.05) is 24.3 Å². The number of fused-ring (bicyclic) bond motifs is 1. The molecular weight excluding hydrogens is 318 g/mol. The first-order valence-corrected chi connectivity index (χ1v) is 8.28. The maximum atomic E-state index is 12.5. The van der Waals surface area contributed by atoms with Crippen molar-refractivity contribution >= 4 is 17.2 Å². The van der Waals surface area contributed by atoms with Crippen molar-refractivity contribution in [3.05, 3.63) is 60.3 Å². The highest BCUT2D eigenvalue weighted by Crippen LogP contribution is 2.14. The Labute approximate surface area is 145 Å². The molecular formula is C18H19N5O2. The zero-order valence-electron chi connectivity index (χ0n) is 13.8. The maximum Gasteiger partial charge on any atom is 0.278 e. The van der Waals surface area contributed by atoms with Crippen LogP contribution in [0.4, 0.5) is 5.69 Å². The SMILES string of the molecule is O=C(Nc1ccc(CN2CCOCC2)cc1)c1nccn2ccnc12. The summed E-state index contributed by atoms with van der Waals surface area (Å²) in [7, 11) is 0. The molecule has 25 heavy (non-hydrogen) atoms. The van der Waals surface area contributed by atoms with Gasteiger partial charge in [0, 0.05) is 50.1 Å². The summed E-state index contributed by atoms with van der Waals surface area (Å²) < 4.78 is 7.14. The van der Waals surface area contributed by atoms with E-state index in [4.69, 9.17) is 4.74 Å². The number of anilines is 1. The molecule has 1 saturated heterocycles. The number of carbonyl (C=O) groups is 1. The second-order valence-corrected chi connectivity index (χ2v) is 5.97. The molecule has 1 N–H and O–H groups in total. The quantitative estimate of drug-likeness (QED) is 0.786. The number of hydrogen-bond donors (Lipinski definition) is 1. The molecule has 1 aromatic carbocycles. The van der Waals surface area contributed by atoms with Crippen LogP contribution in [0.15, 0.2) is 49.1 Å². The van der Waals surface area contributed by atoms with Crippen molar-refractivity contribution in [3.8, 4) is 0 Å². The Balaban J connectivity index is 1.44. The second-order valence-electron chi connectivity index (χ2n) is 5.97. The molecule has 0 unspecified atom stereocenters. The minimum Gasteiger partial charge on any atom is -0.379 e. The molecule has 0 bridgehead atoms. The summed E-state index contributed by atoms with van der Waals surface area (Å²) in [6.07, 6.45) is 6.79. The molecule has 3 heterocycles. The fourth-order valence-corrected chi connectivity index (χ4v) is 2.92. The standard InChI is InChI=1S/C18H19N5O2/c24-18(16-17-20-6-8-23(17)7-5-19-16)21-15-3-1-14(2-4-15)13-22-9-11-25-12-10-22/h1-8H,9-13H2,(H,21,24). The third kappa shape index (κ3) is 3.52. The van der Waals surface area contributed by atoms with Crippen molar-refractivity contribution in [2.45, 2.75) is 6.54 Å². The average Bonchev–Trinajstić information content (AvgIpc) is 3.13. The van der Waals surface area contributed by atoms with E-state index in [-0.39, 0.29) is 5.91 Å². The van der Waals surface area contributed by atoms with Gasteiger partial charge in [-0.25, -0.2) is 9.97 Å². The average molecular weight is 337 g/mol. The van der Waals surface area contributed by atoms with Gasteiger partial charge >= 0.3 is 0 Å². The van der Waals surface area contributed by atoms with E-state index in [1.54, 1.807) is 29.2 Å². The first-order chi connectivity index (χ1) is 12.3. The Morgan fingerprint density at radius 1 is 1.08 bits per heavy atom. The minimum absolute atomic E-state index is 0.266. The molecule has 1 aliphatic heterocycles. The summed E-state index contributed by atoms with van der Waals surface area (Å²) in [6, 6.07) is 7.90. The Hall–Kier alpha value is -2.77. The van der Waals surface area contributed by atoms with Crippen molar-refractivity contribution < 1.29 is 9.53 Å². The van der Waals surface area contributed by atoms with Crippen LogP contribution in [0.25, 0.3) is 5.65 Å². The molecule has 0 saturated carbocycles. The molecule has 0 aliphatic carbocycles. The van der Waals surface area contributed by atoms with Crippen molar-refractivity contribution in [1.82, 2.24) is 19.3 Å². The number of benzene rings is 1. The molecule has 3 aromatic rings. The third-order valence-corrected chi connectivity index (χ3v) is 4.25. The summed E-state index contributed by atoms with van der Waals surface area (Å²) in [4.78, 5) is 23.2. The highest BCUT2D eigenvalue weighted by molar-refractivity contribution is 6.06. The van der Waals surface area contributed by atoms with Crippen LogP contribution >= 0.6 is 0 Å². The molecule has 0 atom stereocenters. The Morgan fingerprint density at radius 2 is 1.80 bits per heavy atom. The van der Waals surface area contributed by atoms with Crippen LogP contribution < -0.4 is 5.32 Å². The van der Waals surface area contributed by atoms with E-state index in [0.29, 0.717) is 11.3 Å². The van der Waals surface area contributed by atoms with Gasteiger partial charge in [-0.15, -0.1) is 0 Å². The van der Waals surface area contributed by atoms with E-state index in [9.17, 15) is 4.79 Å². The van der Waals surface area contributed by atoms with Gasteiger partial charge in [-0.2, -0.15) is 0 Å². The van der Waals surface area contributed by atoms with Gasteiger partial charge in [0.2, 0.25) is 0 Å². The Bertz CT molecular complexity index is 869. The molecule has 0 spiro atoms. The summed E-state index contributed by atoms with van der Waals surface area (Å²) in [5, 5.41) is 2.88. The van der Waals surface area contributed by atoms with Crippen LogP contribution in [0.2, 0.25) is 0 Å². The van der Waals surface area contributed by atoms with Gasteiger partial charge in [0.1, 0.15) is 0 Å². The molecule has 4 rings (SSSR count). The topological polar surface area (TPSA) is 71.8 Å². The highest BCUT2D eigenvalue weighted by atomic mass is 16.5. The monoisotopic (exact) mass is 337 g/mol. The number of hydrogen-bond acceptors (Lipinski definition) is 5. The van der Waals surface area contributed by atoms with Crippen molar-refractivity contribution in [2.24, 2.45) is 0 Å². The third-order valence-electron chi connectivity index (χ3n) is 4.25. The van der Waals surface area contributed by atoms with Crippen LogP contribution in [0.5, 0.6) is 0 Å². The molecule has 1 aliphatic rings. The molecule has 7 nitrogen and oxygen atoms in total. The fraction of sp³-hybridized carbons (Fsp3) is 0.278. The molecule has 128 valence electrons. The summed E-state index contributed by atoms with van der Waals surface area (Å²) in [6.45, 7) is 4.39. The van der Waals surface area contributed by atoms with E-state index in [2.05, 4.69) is 20.2 Å². The predicted molar refractivity (Wildman–Crippen MR) is 93.5 cm³/mol. The Kier molecular flexibility index (Phi) is 4.41. The second kappa shape index (κ2) is 7.00. The number of carbonyl (C=O) groups excluding carboxylic acids is 1. The van der Waals surface area contributed by atoms with Gasteiger partial charge in [-0.3, -0.25) is 9.69 Å². The number of imidazole rings is 1. The van der Waals surface area contributed by atoms with Crippen molar-refractivity contribution in [1.29, 1.82) is 0 Å². The first kappa shape index (κ1) is 15.7. The number of ether oxygens (including phenoxy) is 1. The minimum atomic E-state index is -0.266. The van der Waals surface area contributed by atoms with Crippen molar-refractivity contribution in [3.63, 3.8) is 0 Å². The van der Waals surface area contributed by atoms with E-state index in [1.165, 1.54) is 5.56 Å². The zero-order chi connectivity index (χ0) is 17.1. The van der Waals surface area contributed by atoms with Crippen molar-refractivity contribution in [2.75, 3.05) is 31.6 Å². The Morgan fingerprint density at radius 3 is 2.56 bits per heavy atom. The number of aromatic nitrogens is 3. The van der Waals surface area contributed by atoms with Crippen LogP contribution in [0, 0.1) is 0 Å². The fourth-order valence-electron chi connectivity index (χ4n) is 2.92. The number of nitrogens with zero attached hydrogens (tertiary/aromatic N) is 4. The lowest BCUT2D eigenvalue weighted by atomic mass is 10.2. The van der Waals surface area contributed by atoms with Gasteiger partial charge in [0.25, 0.3) is 5.91 Å². The normalized spacial score (nSPS) is 15.4. The summed E-state index contributed by atoms with van der Waals surface area (Å²) >= 11 is 0. The number of morpholine rings is 1. The molecule has 0 radical (unpaired) electrons.